The van der Waals surface area contributed by atoms with Crippen LogP contribution in [-0.4, -0.2) is 53.7 Å². The van der Waals surface area contributed by atoms with Gasteiger partial charge in [0.25, 0.3) is 0 Å². The number of methoxy groups -OCH3 is 1. The molecule has 7 nitrogen and oxygen atoms in total. The van der Waals surface area contributed by atoms with Crippen LogP contribution in [0.1, 0.15) is 26.7 Å². The summed E-state index contributed by atoms with van der Waals surface area (Å²) in [5.41, 5.74) is 0. The minimum atomic E-state index is -1.02. The van der Waals surface area contributed by atoms with Crippen molar-refractivity contribution < 1.29 is 24.2 Å². The fraction of sp³-hybridized carbons (Fsp3) is 0.750. The highest BCUT2D eigenvalue weighted by Crippen LogP contribution is 2.18. The van der Waals surface area contributed by atoms with Gasteiger partial charge in [0, 0.05) is 6.54 Å². The first-order chi connectivity index (χ1) is 8.88. The monoisotopic (exact) mass is 272 g/mol. The quantitative estimate of drug-likeness (QED) is 0.724. The standard InChI is InChI=1S/C12H20N2O5/c1-7(2)9(11(17)19-3)13-12(18)14-6-4-5-8(14)10(15)16/h7-9H,4-6H2,1-3H3,(H,13,18)(H,15,16)/t8-,9?/m1/s1. The summed E-state index contributed by atoms with van der Waals surface area (Å²) in [6, 6.07) is -2.12. The zero-order valence-electron chi connectivity index (χ0n) is 11.4. The van der Waals surface area contributed by atoms with Gasteiger partial charge in [0.1, 0.15) is 12.1 Å². The lowest BCUT2D eigenvalue weighted by Gasteiger charge is -2.26. The van der Waals surface area contributed by atoms with Crippen LogP contribution < -0.4 is 5.32 Å². The number of ether oxygens (including phenoxy) is 1. The maximum Gasteiger partial charge on any atom is 0.328 e. The Morgan fingerprint density at radius 2 is 2.00 bits per heavy atom. The molecule has 1 heterocycles. The Kier molecular flexibility index (Phi) is 5.14. The second kappa shape index (κ2) is 6.40. The molecule has 1 aliphatic heterocycles. The maximum atomic E-state index is 12.0. The van der Waals surface area contributed by atoms with Crippen molar-refractivity contribution in [3.8, 4) is 0 Å². The van der Waals surface area contributed by atoms with Gasteiger partial charge >= 0.3 is 18.0 Å². The first-order valence-corrected chi connectivity index (χ1v) is 6.26. The number of aliphatic carboxylic acids is 1. The number of carbonyl (C=O) groups is 3. The fourth-order valence-corrected chi connectivity index (χ4v) is 2.11. The summed E-state index contributed by atoms with van der Waals surface area (Å²) in [6.07, 6.45) is 1.09. The van der Waals surface area contributed by atoms with Crippen LogP contribution in [0.5, 0.6) is 0 Å². The lowest BCUT2D eigenvalue weighted by atomic mass is 10.1. The number of nitrogens with zero attached hydrogens (tertiary/aromatic N) is 1. The van der Waals surface area contributed by atoms with Crippen molar-refractivity contribution in [1.29, 1.82) is 0 Å². The number of amides is 2. The lowest BCUT2D eigenvalue weighted by molar-refractivity contribution is -0.144. The third-order valence-corrected chi connectivity index (χ3v) is 3.20. The van der Waals surface area contributed by atoms with Crippen LogP contribution in [0.4, 0.5) is 4.79 Å². The molecular weight excluding hydrogens is 252 g/mol. The maximum absolute atomic E-state index is 12.0. The van der Waals surface area contributed by atoms with Gasteiger partial charge in [-0.15, -0.1) is 0 Å². The second-order valence-corrected chi connectivity index (χ2v) is 4.88. The van der Waals surface area contributed by atoms with Crippen LogP contribution in [0, 0.1) is 5.92 Å². The molecule has 108 valence electrons. The summed E-state index contributed by atoms with van der Waals surface area (Å²) < 4.78 is 4.62. The van der Waals surface area contributed by atoms with E-state index in [2.05, 4.69) is 10.1 Å². The van der Waals surface area contributed by atoms with E-state index in [1.807, 2.05) is 0 Å². The Bertz CT molecular complexity index is 369. The van der Waals surface area contributed by atoms with Gasteiger partial charge in [0.2, 0.25) is 0 Å². The SMILES string of the molecule is COC(=O)C(NC(=O)N1CCC[C@@H]1C(=O)O)C(C)C. The van der Waals surface area contributed by atoms with Gasteiger partial charge in [-0.2, -0.15) is 0 Å². The molecule has 2 N–H and O–H groups in total. The highest BCUT2D eigenvalue weighted by atomic mass is 16.5. The van der Waals surface area contributed by atoms with Gasteiger partial charge in [-0.3, -0.25) is 0 Å². The van der Waals surface area contributed by atoms with Crippen molar-refractivity contribution in [2.45, 2.75) is 38.8 Å². The minimum absolute atomic E-state index is 0.137. The molecule has 1 aliphatic rings. The van der Waals surface area contributed by atoms with Gasteiger partial charge < -0.3 is 20.1 Å². The van der Waals surface area contributed by atoms with E-state index in [9.17, 15) is 14.4 Å². The Balaban J connectivity index is 2.71. The average Bonchev–Trinajstić information content (AvgIpc) is 2.83. The molecule has 2 amide bonds. The molecule has 1 fully saturated rings. The topological polar surface area (TPSA) is 95.9 Å². The van der Waals surface area contributed by atoms with Crippen LogP contribution in [-0.2, 0) is 14.3 Å². The number of hydrogen-bond acceptors (Lipinski definition) is 4. The van der Waals surface area contributed by atoms with Crippen LogP contribution in [0.3, 0.4) is 0 Å². The molecule has 0 spiro atoms. The summed E-state index contributed by atoms with van der Waals surface area (Å²) in [7, 11) is 1.25. The lowest BCUT2D eigenvalue weighted by Crippen LogP contribution is -2.53. The molecule has 0 aromatic heterocycles. The molecule has 2 atom stereocenters. The molecule has 19 heavy (non-hydrogen) atoms. The van der Waals surface area contributed by atoms with Crippen molar-refractivity contribution in [2.24, 2.45) is 5.92 Å². The summed E-state index contributed by atoms with van der Waals surface area (Å²) in [5, 5.41) is 11.6. The Hall–Kier alpha value is -1.79. The van der Waals surface area contributed by atoms with E-state index in [0.717, 1.165) is 0 Å². The number of carbonyl (C=O) groups excluding carboxylic acids is 2. The first-order valence-electron chi connectivity index (χ1n) is 6.26. The molecule has 1 rings (SSSR count). The first kappa shape index (κ1) is 15.3. The summed E-state index contributed by atoms with van der Waals surface area (Å²) in [5.74, 6) is -1.69. The number of esters is 1. The van der Waals surface area contributed by atoms with E-state index in [-0.39, 0.29) is 5.92 Å². The molecule has 0 radical (unpaired) electrons. The second-order valence-electron chi connectivity index (χ2n) is 4.88. The van der Waals surface area contributed by atoms with E-state index in [1.54, 1.807) is 13.8 Å². The number of nitrogens with one attached hydrogen (secondary N) is 1. The smallest absolute Gasteiger partial charge is 0.328 e. The van der Waals surface area contributed by atoms with E-state index in [0.29, 0.717) is 19.4 Å². The largest absolute Gasteiger partial charge is 0.480 e. The summed E-state index contributed by atoms with van der Waals surface area (Å²) in [4.78, 5) is 35.9. The van der Waals surface area contributed by atoms with E-state index >= 15 is 0 Å². The van der Waals surface area contributed by atoms with E-state index < -0.39 is 30.1 Å². The molecule has 0 aliphatic carbocycles. The number of rotatable bonds is 4. The molecular formula is C12H20N2O5. The number of hydrogen-bond donors (Lipinski definition) is 2. The number of carboxylic acids is 1. The molecule has 1 saturated heterocycles. The van der Waals surface area contributed by atoms with Gasteiger partial charge in [-0.25, -0.2) is 14.4 Å². The Labute approximate surface area is 111 Å². The normalized spacial score (nSPS) is 20.2. The van der Waals surface area contributed by atoms with Gasteiger partial charge in [0.05, 0.1) is 7.11 Å². The molecule has 0 saturated carbocycles. The van der Waals surface area contributed by atoms with Crippen LogP contribution >= 0.6 is 0 Å². The van der Waals surface area contributed by atoms with E-state index in [1.165, 1.54) is 12.0 Å². The van der Waals surface area contributed by atoms with Crippen LogP contribution in [0.25, 0.3) is 0 Å². The average molecular weight is 272 g/mol. The summed E-state index contributed by atoms with van der Waals surface area (Å²) in [6.45, 7) is 3.94. The summed E-state index contributed by atoms with van der Waals surface area (Å²) >= 11 is 0. The van der Waals surface area contributed by atoms with Gasteiger partial charge in [-0.05, 0) is 18.8 Å². The van der Waals surface area contributed by atoms with Crippen LogP contribution in [0.15, 0.2) is 0 Å². The van der Waals surface area contributed by atoms with Crippen molar-refractivity contribution in [3.63, 3.8) is 0 Å². The molecule has 0 aromatic carbocycles. The van der Waals surface area contributed by atoms with Crippen molar-refractivity contribution in [3.05, 3.63) is 0 Å². The van der Waals surface area contributed by atoms with Gasteiger partial charge in [-0.1, -0.05) is 13.8 Å². The Morgan fingerprint density at radius 3 is 2.47 bits per heavy atom. The van der Waals surface area contributed by atoms with E-state index in [4.69, 9.17) is 5.11 Å². The number of carboxylic acid groups (broad SMARTS) is 1. The third-order valence-electron chi connectivity index (χ3n) is 3.20. The van der Waals surface area contributed by atoms with Crippen molar-refractivity contribution in [1.82, 2.24) is 10.2 Å². The number of urea groups is 1. The van der Waals surface area contributed by atoms with Crippen LogP contribution in [0.2, 0.25) is 0 Å². The molecule has 0 aromatic rings. The third kappa shape index (κ3) is 3.59. The van der Waals surface area contributed by atoms with Crippen molar-refractivity contribution >= 4 is 18.0 Å². The highest BCUT2D eigenvalue weighted by Gasteiger charge is 2.36. The predicted octanol–water partition coefficient (Wildman–Crippen LogP) is 0.443. The zero-order chi connectivity index (χ0) is 14.6. The highest BCUT2D eigenvalue weighted by molar-refractivity contribution is 5.87. The zero-order valence-corrected chi connectivity index (χ0v) is 11.4. The molecule has 0 bridgehead atoms. The van der Waals surface area contributed by atoms with Crippen molar-refractivity contribution in [2.75, 3.05) is 13.7 Å². The Morgan fingerprint density at radius 1 is 1.37 bits per heavy atom. The van der Waals surface area contributed by atoms with Gasteiger partial charge in [0.15, 0.2) is 0 Å². The molecule has 7 heteroatoms. The predicted molar refractivity (Wildman–Crippen MR) is 66.5 cm³/mol. The molecule has 1 unspecified atom stereocenters. The number of likely N-dealkylation sites (tertiary alicyclic amines) is 1. The fourth-order valence-electron chi connectivity index (χ4n) is 2.11. The minimum Gasteiger partial charge on any atom is -0.480 e.